The molecule has 0 atom stereocenters. The predicted octanol–water partition coefficient (Wildman–Crippen LogP) is 7.38. The van der Waals surface area contributed by atoms with Crippen LogP contribution in [0.1, 0.15) is 41.5 Å². The van der Waals surface area contributed by atoms with E-state index in [1.54, 1.807) is 0 Å². The second-order valence-electron chi connectivity index (χ2n) is 10.8. The first-order chi connectivity index (χ1) is 16.1. The molecule has 0 saturated carbocycles. The molecule has 0 aliphatic rings. The van der Waals surface area contributed by atoms with E-state index in [4.69, 9.17) is 29.9 Å². The van der Waals surface area contributed by atoms with Gasteiger partial charge in [-0.1, -0.05) is 65.8 Å². The number of aromatic nitrogens is 4. The average molecular weight is 449 g/mol. The molecule has 0 bridgehead atoms. The van der Waals surface area contributed by atoms with Crippen LogP contribution in [0.15, 0.2) is 58.5 Å². The highest BCUT2D eigenvalue weighted by Gasteiger charge is 2.21. The maximum absolute atomic E-state index is 5.00. The molecule has 34 heavy (non-hydrogen) atoms. The first-order valence-electron chi connectivity index (χ1n) is 11.5. The first kappa shape index (κ1) is 22.0. The zero-order valence-electron chi connectivity index (χ0n) is 20.5. The van der Waals surface area contributed by atoms with Crippen LogP contribution in [-0.2, 0) is 0 Å². The van der Waals surface area contributed by atoms with E-state index in [2.05, 4.69) is 41.5 Å². The lowest BCUT2D eigenvalue weighted by Crippen LogP contribution is -2.06. The number of hydrogen-bond acceptors (Lipinski definition) is 6. The summed E-state index contributed by atoms with van der Waals surface area (Å²) in [6.07, 6.45) is 3.88. The monoisotopic (exact) mass is 448 g/mol. The Morgan fingerprint density at radius 2 is 0.765 bits per heavy atom. The molecule has 6 nitrogen and oxygen atoms in total. The molecule has 2 heterocycles. The predicted molar refractivity (Wildman–Crippen MR) is 143 cm³/mol. The minimum atomic E-state index is -0.115. The van der Waals surface area contributed by atoms with Crippen molar-refractivity contribution in [2.24, 2.45) is 20.8 Å². The molecule has 0 unspecified atom stereocenters. The van der Waals surface area contributed by atoms with Gasteiger partial charge in [-0.3, -0.25) is 9.98 Å². The summed E-state index contributed by atoms with van der Waals surface area (Å²) in [4.78, 5) is 29.8. The lowest BCUT2D eigenvalue weighted by molar-refractivity contribution is 0.607. The van der Waals surface area contributed by atoms with E-state index >= 15 is 0 Å². The molecule has 0 aliphatic carbocycles. The van der Waals surface area contributed by atoms with Crippen molar-refractivity contribution in [1.82, 2.24) is 19.9 Å². The lowest BCUT2D eigenvalue weighted by Gasteiger charge is -2.15. The Morgan fingerprint density at radius 1 is 0.500 bits per heavy atom. The Labute approximate surface area is 198 Å². The van der Waals surface area contributed by atoms with Gasteiger partial charge in [-0.15, -0.1) is 0 Å². The topological polar surface area (TPSA) is 76.3 Å². The van der Waals surface area contributed by atoms with Crippen LogP contribution in [0.5, 0.6) is 0 Å². The number of hydrogen-bond donors (Lipinski definition) is 0. The third-order valence-electron chi connectivity index (χ3n) is 5.20. The molecule has 0 saturated heterocycles. The highest BCUT2D eigenvalue weighted by Crippen LogP contribution is 2.41. The molecule has 0 amide bonds. The van der Waals surface area contributed by atoms with Crippen LogP contribution in [-0.4, -0.2) is 32.4 Å². The number of benzene rings is 3. The third kappa shape index (κ3) is 4.23. The largest absolute Gasteiger partial charge is 0.256 e. The Morgan fingerprint density at radius 3 is 1.00 bits per heavy atom. The first-order valence-corrected chi connectivity index (χ1v) is 11.5. The Kier molecular flexibility index (Phi) is 5.12. The SMILES string of the molecule is CC(C)(C)C=Nc1c2nc3ccccc3nc2c(N=CC(C)(C)C)c2nc3ccccc3nc12. The van der Waals surface area contributed by atoms with Gasteiger partial charge in [-0.05, 0) is 35.1 Å². The summed E-state index contributed by atoms with van der Waals surface area (Å²) in [5.74, 6) is 0. The molecule has 5 rings (SSSR count). The number of fused-ring (bicyclic) bond motifs is 4. The smallest absolute Gasteiger partial charge is 0.120 e. The number of rotatable bonds is 2. The van der Waals surface area contributed by atoms with E-state index in [-0.39, 0.29) is 10.8 Å². The molecule has 2 aromatic heterocycles. The van der Waals surface area contributed by atoms with Gasteiger partial charge in [-0.25, -0.2) is 19.9 Å². The fourth-order valence-corrected chi connectivity index (χ4v) is 3.65. The third-order valence-corrected chi connectivity index (χ3v) is 5.20. The zero-order chi connectivity index (χ0) is 24.1. The summed E-state index contributed by atoms with van der Waals surface area (Å²) < 4.78 is 0. The maximum Gasteiger partial charge on any atom is 0.120 e. The second kappa shape index (κ2) is 7.90. The van der Waals surface area contributed by atoms with Gasteiger partial charge in [-0.2, -0.15) is 0 Å². The van der Waals surface area contributed by atoms with Crippen LogP contribution in [0.2, 0.25) is 0 Å². The van der Waals surface area contributed by atoms with E-state index < -0.39 is 0 Å². The van der Waals surface area contributed by atoms with Crippen LogP contribution < -0.4 is 0 Å². The van der Waals surface area contributed by atoms with Gasteiger partial charge in [0.2, 0.25) is 0 Å². The lowest BCUT2D eigenvalue weighted by atomic mass is 9.99. The molecule has 0 spiro atoms. The van der Waals surface area contributed by atoms with Crippen molar-refractivity contribution in [2.75, 3.05) is 0 Å². The van der Waals surface area contributed by atoms with E-state index in [9.17, 15) is 0 Å². The fraction of sp³-hybridized carbons (Fsp3) is 0.286. The summed E-state index contributed by atoms with van der Waals surface area (Å²) in [5.41, 5.74) is 7.05. The minimum Gasteiger partial charge on any atom is -0.256 e. The van der Waals surface area contributed by atoms with Crippen molar-refractivity contribution in [1.29, 1.82) is 0 Å². The van der Waals surface area contributed by atoms with Crippen molar-refractivity contribution in [3.63, 3.8) is 0 Å². The average Bonchev–Trinajstić information content (AvgIpc) is 2.77. The Bertz CT molecular complexity index is 1400. The standard InChI is InChI=1S/C28H28N6/c1-27(2,3)15-29-21-23-25(33-19-13-9-7-11-17(19)31-23)22(30-16-28(4,5)6)26-24(21)32-18-12-8-10-14-20(18)34-26/h7-16H,1-6H3. The van der Waals surface area contributed by atoms with Crippen molar-refractivity contribution in [2.45, 2.75) is 41.5 Å². The summed E-state index contributed by atoms with van der Waals surface area (Å²) in [7, 11) is 0. The number of nitrogens with zero attached hydrogens (tertiary/aromatic N) is 6. The number of para-hydroxylation sites is 4. The summed E-state index contributed by atoms with van der Waals surface area (Å²) in [5, 5.41) is 0. The van der Waals surface area contributed by atoms with E-state index in [1.165, 1.54) is 0 Å². The molecule has 6 heteroatoms. The molecule has 170 valence electrons. The van der Waals surface area contributed by atoms with Gasteiger partial charge in [0.25, 0.3) is 0 Å². The van der Waals surface area contributed by atoms with Crippen LogP contribution >= 0.6 is 0 Å². The quantitative estimate of drug-likeness (QED) is 0.208. The van der Waals surface area contributed by atoms with Gasteiger partial charge < -0.3 is 0 Å². The maximum atomic E-state index is 5.00. The summed E-state index contributed by atoms with van der Waals surface area (Å²) in [6, 6.07) is 15.7. The van der Waals surface area contributed by atoms with Gasteiger partial charge in [0, 0.05) is 12.4 Å². The fourth-order valence-electron chi connectivity index (χ4n) is 3.65. The highest BCUT2D eigenvalue weighted by atomic mass is 14.9. The van der Waals surface area contributed by atoms with E-state index in [0.717, 1.165) is 22.1 Å². The van der Waals surface area contributed by atoms with Crippen LogP contribution in [0.3, 0.4) is 0 Å². The molecule has 5 aromatic rings. The van der Waals surface area contributed by atoms with Crippen molar-refractivity contribution < 1.29 is 0 Å². The summed E-state index contributed by atoms with van der Waals surface area (Å²) >= 11 is 0. The zero-order valence-corrected chi connectivity index (χ0v) is 20.5. The Balaban J connectivity index is 2.01. The highest BCUT2D eigenvalue weighted by molar-refractivity contribution is 6.16. The second-order valence-corrected chi connectivity index (χ2v) is 10.8. The van der Waals surface area contributed by atoms with Gasteiger partial charge in [0.05, 0.1) is 22.1 Å². The van der Waals surface area contributed by atoms with Gasteiger partial charge in [0.15, 0.2) is 0 Å². The molecular weight excluding hydrogens is 420 g/mol. The van der Waals surface area contributed by atoms with Crippen molar-refractivity contribution >= 4 is 67.9 Å². The van der Waals surface area contributed by atoms with Gasteiger partial charge >= 0.3 is 0 Å². The minimum absolute atomic E-state index is 0.115. The van der Waals surface area contributed by atoms with Crippen molar-refractivity contribution in [3.8, 4) is 0 Å². The number of aliphatic imine (C=N–C) groups is 2. The Hall–Kier alpha value is -3.80. The van der Waals surface area contributed by atoms with Crippen LogP contribution in [0.25, 0.3) is 44.1 Å². The molecule has 0 N–H and O–H groups in total. The van der Waals surface area contributed by atoms with E-state index in [0.29, 0.717) is 33.4 Å². The molecular formula is C28H28N6. The molecule has 0 aliphatic heterocycles. The summed E-state index contributed by atoms with van der Waals surface area (Å²) in [6.45, 7) is 12.7. The molecule has 0 radical (unpaired) electrons. The molecule has 0 fully saturated rings. The van der Waals surface area contributed by atoms with Crippen molar-refractivity contribution in [3.05, 3.63) is 48.5 Å². The van der Waals surface area contributed by atoms with Crippen LogP contribution in [0.4, 0.5) is 11.4 Å². The van der Waals surface area contributed by atoms with E-state index in [1.807, 2.05) is 61.0 Å². The van der Waals surface area contributed by atoms with Crippen LogP contribution in [0, 0.1) is 10.8 Å². The molecule has 3 aromatic carbocycles. The van der Waals surface area contributed by atoms with Gasteiger partial charge in [0.1, 0.15) is 33.4 Å². The normalized spacial score (nSPS) is 13.4.